The number of thioether (sulfide) groups is 1. The number of hydrogen-bond acceptors (Lipinski definition) is 7. The Kier molecular flexibility index (Phi) is 5.70. The maximum absolute atomic E-state index is 5.51. The molecule has 1 saturated carbocycles. The van der Waals surface area contributed by atoms with E-state index in [0.29, 0.717) is 35.8 Å². The predicted octanol–water partition coefficient (Wildman–Crippen LogP) is 2.40. The third-order valence-electron chi connectivity index (χ3n) is 3.34. The maximum Gasteiger partial charge on any atom is 0.323 e. The number of rotatable bonds is 7. The summed E-state index contributed by atoms with van der Waals surface area (Å²) in [5.74, 6) is 1.13. The second-order valence-corrected chi connectivity index (χ2v) is 5.90. The first-order chi connectivity index (χ1) is 9.76. The Morgan fingerprint density at radius 3 is 2.75 bits per heavy atom. The SMILES string of the molecule is CCCOc1nc(NC)nc(NC2CCCC2SC)n1. The molecule has 1 aromatic rings. The lowest BCUT2D eigenvalue weighted by atomic mass is 10.2. The summed E-state index contributed by atoms with van der Waals surface area (Å²) in [6, 6.07) is 0.809. The molecule has 0 radical (unpaired) electrons. The number of aromatic nitrogens is 3. The maximum atomic E-state index is 5.51. The number of anilines is 2. The molecule has 2 N–H and O–H groups in total. The topological polar surface area (TPSA) is 72.0 Å². The van der Waals surface area contributed by atoms with Crippen molar-refractivity contribution >= 4 is 23.7 Å². The van der Waals surface area contributed by atoms with Crippen LogP contribution in [0.25, 0.3) is 0 Å². The van der Waals surface area contributed by atoms with Crippen LogP contribution in [-0.4, -0.2) is 46.2 Å². The minimum atomic E-state index is 0.382. The standard InChI is InChI=1S/C13H23N5OS/c1-4-8-19-13-17-11(14-2)16-12(18-13)15-9-6-5-7-10(9)20-3/h9-10H,4-8H2,1-3H3,(H2,14,15,16,17,18). The quantitative estimate of drug-likeness (QED) is 0.800. The van der Waals surface area contributed by atoms with Gasteiger partial charge < -0.3 is 15.4 Å². The van der Waals surface area contributed by atoms with Crippen molar-refractivity contribution in [2.45, 2.75) is 43.9 Å². The smallest absolute Gasteiger partial charge is 0.323 e. The van der Waals surface area contributed by atoms with Crippen molar-refractivity contribution < 1.29 is 4.74 Å². The van der Waals surface area contributed by atoms with Crippen LogP contribution in [0.2, 0.25) is 0 Å². The number of nitrogens with zero attached hydrogens (tertiary/aromatic N) is 3. The molecule has 1 fully saturated rings. The van der Waals surface area contributed by atoms with E-state index in [9.17, 15) is 0 Å². The Bertz CT molecular complexity index is 431. The fraction of sp³-hybridized carbons (Fsp3) is 0.769. The normalized spacial score (nSPS) is 21.8. The molecule has 2 rings (SSSR count). The first kappa shape index (κ1) is 15.2. The van der Waals surface area contributed by atoms with E-state index in [1.54, 1.807) is 7.05 Å². The van der Waals surface area contributed by atoms with Gasteiger partial charge in [0.05, 0.1) is 6.61 Å². The van der Waals surface area contributed by atoms with Gasteiger partial charge in [-0.15, -0.1) is 0 Å². The molecule has 1 aliphatic carbocycles. The highest BCUT2D eigenvalue weighted by Crippen LogP contribution is 2.30. The molecule has 1 aromatic heterocycles. The third kappa shape index (κ3) is 3.88. The van der Waals surface area contributed by atoms with Crippen LogP contribution in [0.4, 0.5) is 11.9 Å². The molecule has 6 nitrogen and oxygen atoms in total. The number of nitrogens with one attached hydrogen (secondary N) is 2. The summed E-state index contributed by atoms with van der Waals surface area (Å²) in [5.41, 5.74) is 0. The molecule has 112 valence electrons. The Labute approximate surface area is 124 Å². The predicted molar refractivity (Wildman–Crippen MR) is 83.7 cm³/mol. The molecule has 1 aliphatic rings. The van der Waals surface area contributed by atoms with E-state index < -0.39 is 0 Å². The molecule has 0 aliphatic heterocycles. The largest absolute Gasteiger partial charge is 0.463 e. The highest BCUT2D eigenvalue weighted by atomic mass is 32.2. The lowest BCUT2D eigenvalue weighted by molar-refractivity contribution is 0.292. The van der Waals surface area contributed by atoms with Crippen LogP contribution in [-0.2, 0) is 0 Å². The van der Waals surface area contributed by atoms with E-state index in [2.05, 4.69) is 38.8 Å². The Morgan fingerprint density at radius 2 is 2.05 bits per heavy atom. The summed E-state index contributed by atoms with van der Waals surface area (Å²) in [4.78, 5) is 12.9. The lowest BCUT2D eigenvalue weighted by Gasteiger charge is -2.19. The Balaban J connectivity index is 2.09. The average Bonchev–Trinajstić information content (AvgIpc) is 2.92. The summed E-state index contributed by atoms with van der Waals surface area (Å²) in [7, 11) is 1.79. The van der Waals surface area contributed by atoms with Gasteiger partial charge in [0.2, 0.25) is 11.9 Å². The first-order valence-corrected chi connectivity index (χ1v) is 8.41. The van der Waals surface area contributed by atoms with Gasteiger partial charge in [0.1, 0.15) is 0 Å². The fourth-order valence-electron chi connectivity index (χ4n) is 2.33. The Hall–Kier alpha value is -1.24. The van der Waals surface area contributed by atoms with Crippen LogP contribution < -0.4 is 15.4 Å². The van der Waals surface area contributed by atoms with Crippen LogP contribution in [0, 0.1) is 0 Å². The molecule has 0 spiro atoms. The molecule has 0 saturated heterocycles. The second kappa shape index (κ2) is 7.52. The van der Waals surface area contributed by atoms with Gasteiger partial charge in [-0.05, 0) is 25.5 Å². The molecule has 1 heterocycles. The molecule has 20 heavy (non-hydrogen) atoms. The molecule has 0 bridgehead atoms. The van der Waals surface area contributed by atoms with Gasteiger partial charge in [0.25, 0.3) is 0 Å². The molecule has 2 atom stereocenters. The van der Waals surface area contributed by atoms with Crippen molar-refractivity contribution in [2.24, 2.45) is 0 Å². The number of hydrogen-bond donors (Lipinski definition) is 2. The van der Waals surface area contributed by atoms with Crippen molar-refractivity contribution in [1.82, 2.24) is 15.0 Å². The molecule has 0 aromatic carbocycles. The molecule has 2 unspecified atom stereocenters. The summed E-state index contributed by atoms with van der Waals surface area (Å²) in [6.45, 7) is 2.67. The first-order valence-electron chi connectivity index (χ1n) is 7.12. The number of ether oxygens (including phenoxy) is 1. The highest BCUT2D eigenvalue weighted by Gasteiger charge is 2.27. The van der Waals surface area contributed by atoms with Crippen LogP contribution in [0.1, 0.15) is 32.6 Å². The van der Waals surface area contributed by atoms with E-state index in [0.717, 1.165) is 12.8 Å². The lowest BCUT2D eigenvalue weighted by Crippen LogP contribution is -2.27. The van der Waals surface area contributed by atoms with Crippen LogP contribution in [0.3, 0.4) is 0 Å². The van der Waals surface area contributed by atoms with Gasteiger partial charge in [-0.25, -0.2) is 0 Å². The molecular formula is C13H23N5OS. The van der Waals surface area contributed by atoms with E-state index >= 15 is 0 Å². The van der Waals surface area contributed by atoms with Crippen LogP contribution in [0.5, 0.6) is 6.01 Å². The molecular weight excluding hydrogens is 274 g/mol. The second-order valence-electron chi connectivity index (χ2n) is 4.82. The van der Waals surface area contributed by atoms with Crippen molar-refractivity contribution in [3.63, 3.8) is 0 Å². The van der Waals surface area contributed by atoms with Gasteiger partial charge in [0.15, 0.2) is 0 Å². The summed E-state index contributed by atoms with van der Waals surface area (Å²) in [6.07, 6.45) is 6.76. The highest BCUT2D eigenvalue weighted by molar-refractivity contribution is 7.99. The Morgan fingerprint density at radius 1 is 1.25 bits per heavy atom. The van der Waals surface area contributed by atoms with Crippen LogP contribution >= 0.6 is 11.8 Å². The van der Waals surface area contributed by atoms with Crippen LogP contribution in [0.15, 0.2) is 0 Å². The minimum Gasteiger partial charge on any atom is -0.463 e. The van der Waals surface area contributed by atoms with Gasteiger partial charge in [0, 0.05) is 18.3 Å². The van der Waals surface area contributed by atoms with Crippen molar-refractivity contribution in [3.05, 3.63) is 0 Å². The van der Waals surface area contributed by atoms with Crippen molar-refractivity contribution in [2.75, 3.05) is 30.5 Å². The van der Waals surface area contributed by atoms with Gasteiger partial charge in [-0.3, -0.25) is 0 Å². The zero-order valence-electron chi connectivity index (χ0n) is 12.3. The zero-order valence-corrected chi connectivity index (χ0v) is 13.2. The fourth-order valence-corrected chi connectivity index (χ4v) is 3.26. The van der Waals surface area contributed by atoms with Gasteiger partial charge >= 0.3 is 6.01 Å². The van der Waals surface area contributed by atoms with Crippen molar-refractivity contribution in [3.8, 4) is 6.01 Å². The summed E-state index contributed by atoms with van der Waals surface area (Å²) >= 11 is 1.91. The molecule has 0 amide bonds. The zero-order chi connectivity index (χ0) is 14.4. The molecule has 7 heteroatoms. The summed E-state index contributed by atoms with van der Waals surface area (Å²) < 4.78 is 5.51. The van der Waals surface area contributed by atoms with Gasteiger partial charge in [-0.1, -0.05) is 13.3 Å². The van der Waals surface area contributed by atoms with E-state index in [-0.39, 0.29) is 0 Å². The summed E-state index contributed by atoms with van der Waals surface area (Å²) in [5, 5.41) is 7.01. The monoisotopic (exact) mass is 297 g/mol. The minimum absolute atomic E-state index is 0.382. The average molecular weight is 297 g/mol. The van der Waals surface area contributed by atoms with Gasteiger partial charge in [-0.2, -0.15) is 26.7 Å². The van der Waals surface area contributed by atoms with Crippen molar-refractivity contribution in [1.29, 1.82) is 0 Å². The van der Waals surface area contributed by atoms with E-state index in [1.807, 2.05) is 11.8 Å². The third-order valence-corrected chi connectivity index (χ3v) is 4.51. The van der Waals surface area contributed by atoms with E-state index in [4.69, 9.17) is 4.74 Å². The van der Waals surface area contributed by atoms with E-state index in [1.165, 1.54) is 12.8 Å².